The standard InChI is InChI=1S/C22H27FN5O9P/c1-13(2)35-20(31)14(3)11-38(33,37-15-7-5-4-6-8-15)34-12-22(26-27-24)18(23)17(30)19(36-22)28-10-9-16(29)25-21(28)32/h4-10,13-14,17-19,24,30H,11-12H2,1-3H3/p+1/t14-,17-,18+,19-,22-,38?/m1/s1. The molecule has 1 aromatic heterocycles. The molecule has 38 heavy (non-hydrogen) atoms. The predicted molar refractivity (Wildman–Crippen MR) is 128 cm³/mol. The lowest BCUT2D eigenvalue weighted by Crippen LogP contribution is -2.43. The number of aliphatic hydroxyl groups excluding tert-OH is 1. The molecule has 0 spiro atoms. The minimum atomic E-state index is -4.28. The topological polar surface area (TPSA) is 196 Å². The quantitative estimate of drug-likeness (QED) is 0.160. The van der Waals surface area contributed by atoms with Gasteiger partial charge in [0.1, 0.15) is 24.0 Å². The average molecular weight is 556 g/mol. The number of aliphatic hydroxyl groups is 1. The molecule has 2 heterocycles. The third kappa shape index (κ3) is 6.69. The molecule has 0 radical (unpaired) electrons. The SMILES string of the molecule is CC(C)OC(=O)[C@H](C)CP(=O)(OC[C@@]1(N=[N+]=N)O[C@@H](n2ccc(=O)[nH]c2=O)[C@H](O)[C@@H]1F)Oc1ccccc1. The molecular formula is C22H28FN5O9P+. The lowest BCUT2D eigenvalue weighted by molar-refractivity contribution is -0.151. The Bertz CT molecular complexity index is 1350. The first kappa shape index (κ1) is 29.1. The summed E-state index contributed by atoms with van der Waals surface area (Å²) in [6.07, 6.45) is -6.10. The lowest BCUT2D eigenvalue weighted by Gasteiger charge is -2.26. The van der Waals surface area contributed by atoms with Crippen LogP contribution in [-0.4, -0.2) is 57.5 Å². The number of alkyl halides is 1. The fourth-order valence-electron chi connectivity index (χ4n) is 3.62. The molecule has 0 saturated carbocycles. The molecule has 14 nitrogen and oxygen atoms in total. The molecule has 1 fully saturated rings. The van der Waals surface area contributed by atoms with Gasteiger partial charge >= 0.3 is 25.0 Å². The van der Waals surface area contributed by atoms with E-state index in [0.717, 1.165) is 12.3 Å². The second-order valence-corrected chi connectivity index (χ2v) is 10.8. The van der Waals surface area contributed by atoms with E-state index in [1.165, 1.54) is 19.1 Å². The summed E-state index contributed by atoms with van der Waals surface area (Å²) in [5, 5.41) is 13.9. The number of hydrogen-bond acceptors (Lipinski definition) is 11. The first-order valence-electron chi connectivity index (χ1n) is 11.5. The van der Waals surface area contributed by atoms with Crippen molar-refractivity contribution >= 4 is 13.6 Å². The zero-order valence-corrected chi connectivity index (χ0v) is 21.6. The summed E-state index contributed by atoms with van der Waals surface area (Å²) in [6, 6.07) is 8.81. The van der Waals surface area contributed by atoms with Crippen LogP contribution in [0, 0.1) is 11.4 Å². The van der Waals surface area contributed by atoms with Crippen LogP contribution in [0.5, 0.6) is 5.75 Å². The van der Waals surface area contributed by atoms with E-state index in [0.29, 0.717) is 4.57 Å². The largest absolute Gasteiger partial charge is 0.463 e. The van der Waals surface area contributed by atoms with Crippen molar-refractivity contribution in [3.05, 3.63) is 63.4 Å². The van der Waals surface area contributed by atoms with E-state index in [2.05, 4.69) is 10.0 Å². The number of carbonyl (C=O) groups is 1. The number of ether oxygens (including phenoxy) is 2. The van der Waals surface area contributed by atoms with Crippen molar-refractivity contribution in [1.29, 1.82) is 5.53 Å². The van der Waals surface area contributed by atoms with Crippen LogP contribution in [0.4, 0.5) is 4.39 Å². The fourth-order valence-corrected chi connectivity index (χ4v) is 5.49. The monoisotopic (exact) mass is 556 g/mol. The summed E-state index contributed by atoms with van der Waals surface area (Å²) in [5.74, 6) is -1.52. The van der Waals surface area contributed by atoms with Crippen LogP contribution < -0.4 is 20.7 Å². The minimum Gasteiger partial charge on any atom is -0.463 e. The molecule has 0 aliphatic carbocycles. The maximum Gasteiger partial charge on any atom is 0.380 e. The van der Waals surface area contributed by atoms with E-state index < -0.39 is 73.8 Å². The maximum absolute atomic E-state index is 15.4. The van der Waals surface area contributed by atoms with Gasteiger partial charge in [-0.2, -0.15) is 0 Å². The molecule has 1 aliphatic rings. The number of aromatic nitrogens is 2. The molecular weight excluding hydrogens is 528 g/mol. The van der Waals surface area contributed by atoms with Gasteiger partial charge in [-0.3, -0.25) is 23.7 Å². The number of halogens is 1. The second-order valence-electron chi connectivity index (χ2n) is 8.82. The van der Waals surface area contributed by atoms with Gasteiger partial charge < -0.3 is 19.1 Å². The van der Waals surface area contributed by atoms with Gasteiger partial charge in [-0.05, 0) is 26.0 Å². The van der Waals surface area contributed by atoms with Crippen molar-refractivity contribution in [2.75, 3.05) is 12.8 Å². The van der Waals surface area contributed by atoms with Crippen LogP contribution in [0.25, 0.3) is 0 Å². The zero-order valence-electron chi connectivity index (χ0n) is 20.7. The Morgan fingerprint density at radius 2 is 2.00 bits per heavy atom. The Balaban J connectivity index is 1.91. The van der Waals surface area contributed by atoms with Gasteiger partial charge in [0, 0.05) is 12.3 Å². The molecule has 1 saturated heterocycles. The minimum absolute atomic E-state index is 0.123. The number of benzene rings is 1. The van der Waals surface area contributed by atoms with Crippen molar-refractivity contribution < 1.29 is 37.4 Å². The first-order valence-corrected chi connectivity index (χ1v) is 13.2. The van der Waals surface area contributed by atoms with Crippen LogP contribution in [0.2, 0.25) is 0 Å². The molecule has 16 heteroatoms. The Kier molecular flexibility index (Phi) is 9.13. The molecule has 2 aromatic rings. The molecule has 206 valence electrons. The molecule has 3 rings (SSSR count). The van der Waals surface area contributed by atoms with Gasteiger partial charge in [0.05, 0.1) is 18.2 Å². The van der Waals surface area contributed by atoms with Crippen molar-refractivity contribution in [2.45, 2.75) is 51.1 Å². The Labute approximate surface area is 215 Å². The number of carbonyl (C=O) groups excluding carboxylic acids is 1. The highest BCUT2D eigenvalue weighted by molar-refractivity contribution is 7.54. The highest BCUT2D eigenvalue weighted by Gasteiger charge is 2.62. The summed E-state index contributed by atoms with van der Waals surface area (Å²) >= 11 is 0. The summed E-state index contributed by atoms with van der Waals surface area (Å²) < 4.78 is 51.7. The number of esters is 1. The lowest BCUT2D eigenvalue weighted by atomic mass is 10.1. The number of nitrogens with one attached hydrogen (secondary N) is 2. The van der Waals surface area contributed by atoms with Gasteiger partial charge in [-0.25, -0.2) is 13.8 Å². The Morgan fingerprint density at radius 3 is 2.61 bits per heavy atom. The Hall–Kier alpha value is -3.48. The first-order chi connectivity index (χ1) is 17.9. The summed E-state index contributed by atoms with van der Waals surface area (Å²) in [6.45, 7) is 3.75. The summed E-state index contributed by atoms with van der Waals surface area (Å²) in [4.78, 5) is 40.7. The predicted octanol–water partition coefficient (Wildman–Crippen LogP) is 1.89. The van der Waals surface area contributed by atoms with Crippen molar-refractivity contribution in [3.8, 4) is 5.75 Å². The molecule has 3 N–H and O–H groups in total. The molecule has 1 aromatic carbocycles. The van der Waals surface area contributed by atoms with Crippen molar-refractivity contribution in [2.24, 2.45) is 11.0 Å². The second kappa shape index (κ2) is 11.9. The Morgan fingerprint density at radius 1 is 1.32 bits per heavy atom. The number of para-hydroxylation sites is 1. The van der Waals surface area contributed by atoms with Gasteiger partial charge in [0.25, 0.3) is 5.56 Å². The van der Waals surface area contributed by atoms with Crippen molar-refractivity contribution in [1.82, 2.24) is 14.5 Å². The van der Waals surface area contributed by atoms with Crippen LogP contribution in [0.1, 0.15) is 27.0 Å². The van der Waals surface area contributed by atoms with Crippen LogP contribution >= 0.6 is 7.60 Å². The van der Waals surface area contributed by atoms with Crippen LogP contribution in [0.3, 0.4) is 0 Å². The number of aromatic amines is 1. The van der Waals surface area contributed by atoms with Gasteiger partial charge in [-0.1, -0.05) is 25.1 Å². The zero-order chi connectivity index (χ0) is 28.1. The number of hydrogen-bond donors (Lipinski definition) is 3. The average Bonchev–Trinajstić information content (AvgIpc) is 3.09. The molecule has 0 bridgehead atoms. The summed E-state index contributed by atoms with van der Waals surface area (Å²) in [5.41, 5.74) is 2.86. The van der Waals surface area contributed by atoms with E-state index in [1.54, 1.807) is 32.0 Å². The molecule has 0 amide bonds. The maximum atomic E-state index is 15.4. The van der Waals surface area contributed by atoms with Crippen LogP contribution in [-0.2, 0) is 23.4 Å². The van der Waals surface area contributed by atoms with E-state index in [-0.39, 0.29) is 5.75 Å². The van der Waals surface area contributed by atoms with E-state index in [9.17, 15) is 24.1 Å². The highest BCUT2D eigenvalue weighted by Crippen LogP contribution is 2.52. The molecule has 6 atom stereocenters. The van der Waals surface area contributed by atoms with Gasteiger partial charge in [0.2, 0.25) is 4.91 Å². The number of rotatable bonds is 11. The van der Waals surface area contributed by atoms with E-state index in [4.69, 9.17) is 24.1 Å². The number of nitrogens with zero attached hydrogens (tertiary/aromatic N) is 3. The third-order valence-corrected chi connectivity index (χ3v) is 7.41. The fraction of sp³-hybridized carbons (Fsp3) is 0.500. The molecule has 1 unspecified atom stereocenters. The number of H-pyrrole nitrogens is 1. The normalized spacial score (nSPS) is 25.3. The van der Waals surface area contributed by atoms with E-state index >= 15 is 4.39 Å². The van der Waals surface area contributed by atoms with Gasteiger partial charge in [-0.15, -0.1) is 0 Å². The smallest absolute Gasteiger partial charge is 0.380 e. The third-order valence-electron chi connectivity index (χ3n) is 5.40. The van der Waals surface area contributed by atoms with E-state index in [1.807, 2.05) is 4.98 Å². The molecule has 1 aliphatic heterocycles. The van der Waals surface area contributed by atoms with Gasteiger partial charge in [0.15, 0.2) is 17.5 Å². The van der Waals surface area contributed by atoms with Crippen LogP contribution in [0.15, 0.2) is 57.3 Å². The van der Waals surface area contributed by atoms with Crippen molar-refractivity contribution in [3.63, 3.8) is 0 Å². The summed E-state index contributed by atoms with van der Waals surface area (Å²) in [7, 11) is -4.28. The highest BCUT2D eigenvalue weighted by atomic mass is 31.2.